The molecule has 2 fully saturated rings. The number of primary amides is 1. The van der Waals surface area contributed by atoms with Crippen LogP contribution in [0.2, 0.25) is 5.02 Å². The van der Waals surface area contributed by atoms with Gasteiger partial charge in [0.25, 0.3) is 5.91 Å². The molecule has 10 nitrogen and oxygen atoms in total. The third-order valence-electron chi connectivity index (χ3n) is 7.04. The van der Waals surface area contributed by atoms with E-state index in [0.717, 1.165) is 6.42 Å². The van der Waals surface area contributed by atoms with Crippen molar-refractivity contribution in [3.05, 3.63) is 71.5 Å². The predicted molar refractivity (Wildman–Crippen MR) is 136 cm³/mol. The summed E-state index contributed by atoms with van der Waals surface area (Å²) in [6.07, 6.45) is 5.79. The molecule has 3 N–H and O–H groups in total. The summed E-state index contributed by atoms with van der Waals surface area (Å²) in [5, 5.41) is 7.64. The number of nitrogens with one attached hydrogen (secondary N) is 1. The van der Waals surface area contributed by atoms with Crippen LogP contribution in [-0.2, 0) is 16.1 Å². The van der Waals surface area contributed by atoms with Crippen molar-refractivity contribution in [1.82, 2.24) is 24.6 Å². The number of likely N-dealkylation sites (tertiary alicyclic amines) is 1. The average Bonchev–Trinajstić information content (AvgIpc) is 3.40. The zero-order chi connectivity index (χ0) is 26.6. The van der Waals surface area contributed by atoms with Crippen molar-refractivity contribution in [3.8, 4) is 11.3 Å². The summed E-state index contributed by atoms with van der Waals surface area (Å²) in [5.74, 6) is -2.01. The van der Waals surface area contributed by atoms with Gasteiger partial charge in [-0.15, -0.1) is 0 Å². The van der Waals surface area contributed by atoms with Gasteiger partial charge in [-0.1, -0.05) is 17.7 Å². The monoisotopic (exact) mass is 533 g/mol. The lowest BCUT2D eigenvalue weighted by Gasteiger charge is -2.27. The molecule has 2 aliphatic rings. The van der Waals surface area contributed by atoms with Crippen molar-refractivity contribution >= 4 is 45.9 Å². The van der Waals surface area contributed by atoms with Gasteiger partial charge in [0.15, 0.2) is 11.5 Å². The van der Waals surface area contributed by atoms with E-state index in [1.165, 1.54) is 35.4 Å². The zero-order valence-electron chi connectivity index (χ0n) is 19.8. The Morgan fingerprint density at radius 1 is 1.13 bits per heavy atom. The maximum Gasteiger partial charge on any atom is 0.269 e. The smallest absolute Gasteiger partial charge is 0.269 e. The first-order valence-electron chi connectivity index (χ1n) is 11.9. The van der Waals surface area contributed by atoms with E-state index in [2.05, 4.69) is 20.4 Å². The summed E-state index contributed by atoms with van der Waals surface area (Å²) >= 11 is 6.19. The van der Waals surface area contributed by atoms with Crippen molar-refractivity contribution in [2.24, 2.45) is 11.7 Å². The van der Waals surface area contributed by atoms with Crippen LogP contribution in [-0.4, -0.2) is 54.5 Å². The Morgan fingerprint density at radius 2 is 1.97 bits per heavy atom. The number of benzene rings is 1. The zero-order valence-corrected chi connectivity index (χ0v) is 20.6. The molecule has 192 valence electrons. The Morgan fingerprint density at radius 3 is 2.76 bits per heavy atom. The van der Waals surface area contributed by atoms with Crippen LogP contribution >= 0.6 is 11.6 Å². The molecule has 1 saturated heterocycles. The first kappa shape index (κ1) is 24.0. The molecule has 3 amide bonds. The number of hydrogen-bond acceptors (Lipinski definition) is 6. The number of nitrogens with two attached hydrogens (primary N) is 1. The van der Waals surface area contributed by atoms with E-state index in [1.807, 2.05) is 0 Å². The molecule has 1 aliphatic carbocycles. The summed E-state index contributed by atoms with van der Waals surface area (Å²) in [6.45, 7) is -0.204. The van der Waals surface area contributed by atoms with Crippen LogP contribution in [0.25, 0.3) is 22.2 Å². The number of anilines is 1. The molecule has 1 saturated carbocycles. The van der Waals surface area contributed by atoms with E-state index >= 15 is 4.39 Å². The van der Waals surface area contributed by atoms with Crippen molar-refractivity contribution in [2.45, 2.75) is 31.5 Å². The number of nitrogens with zero attached hydrogens (tertiary/aromatic N) is 5. The number of pyridine rings is 2. The minimum absolute atomic E-state index is 0.0302. The number of hydrogen-bond donors (Lipinski definition) is 2. The normalized spacial score (nSPS) is 19.8. The van der Waals surface area contributed by atoms with Gasteiger partial charge < -0.3 is 16.0 Å². The van der Waals surface area contributed by atoms with E-state index < -0.39 is 23.7 Å². The summed E-state index contributed by atoms with van der Waals surface area (Å²) in [5.41, 5.74) is 6.36. The Bertz CT molecular complexity index is 1620. The molecule has 0 radical (unpaired) electrons. The number of rotatable bonds is 6. The molecular formula is C26H21ClFN7O3. The van der Waals surface area contributed by atoms with Gasteiger partial charge in [0, 0.05) is 29.4 Å². The average molecular weight is 534 g/mol. The van der Waals surface area contributed by atoms with Crippen LogP contribution in [0.5, 0.6) is 0 Å². The highest BCUT2D eigenvalue weighted by Gasteiger charge is 2.56. The number of piperidine rings is 1. The third kappa shape index (κ3) is 4.04. The molecule has 0 spiro atoms. The Kier molecular flexibility index (Phi) is 5.79. The maximum absolute atomic E-state index is 15.4. The van der Waals surface area contributed by atoms with E-state index in [9.17, 15) is 14.4 Å². The molecule has 4 aromatic rings. The van der Waals surface area contributed by atoms with Crippen molar-refractivity contribution < 1.29 is 18.8 Å². The predicted octanol–water partition coefficient (Wildman–Crippen LogP) is 3.01. The molecule has 0 bridgehead atoms. The molecule has 12 heteroatoms. The van der Waals surface area contributed by atoms with Gasteiger partial charge in [0.1, 0.15) is 12.6 Å². The summed E-state index contributed by atoms with van der Waals surface area (Å²) in [7, 11) is 0. The van der Waals surface area contributed by atoms with Gasteiger partial charge in [0.2, 0.25) is 11.8 Å². The van der Waals surface area contributed by atoms with E-state index in [1.54, 1.807) is 29.2 Å². The molecule has 3 atom stereocenters. The van der Waals surface area contributed by atoms with Crippen molar-refractivity contribution in [3.63, 3.8) is 0 Å². The fourth-order valence-corrected chi connectivity index (χ4v) is 5.42. The Labute approximate surface area is 220 Å². The standard InChI is InChI=1S/C26H21ClFN7O3/c27-16-4-2-7-31-23(16)15-3-1-5-17(22(15)28)32-26(38)19-10-13-9-18(13)35(19)21(36)12-34-20-11-30-8-6-14(20)24(33-34)25(29)37/h1-8,11,13,18-19H,9-10,12H2,(H2,29,37)(H,32,38)/t13-,18-,19+/m1/s1. The molecule has 38 heavy (non-hydrogen) atoms. The van der Waals surface area contributed by atoms with Crippen LogP contribution in [0.1, 0.15) is 23.3 Å². The second-order valence-corrected chi connectivity index (χ2v) is 9.78. The largest absolute Gasteiger partial charge is 0.364 e. The quantitative estimate of drug-likeness (QED) is 0.391. The summed E-state index contributed by atoms with van der Waals surface area (Å²) in [6, 6.07) is 8.58. The lowest BCUT2D eigenvalue weighted by atomic mass is 10.1. The topological polar surface area (TPSA) is 136 Å². The van der Waals surface area contributed by atoms with Gasteiger partial charge in [-0.2, -0.15) is 5.10 Å². The van der Waals surface area contributed by atoms with Crippen LogP contribution in [0.4, 0.5) is 10.1 Å². The van der Waals surface area contributed by atoms with Crippen LogP contribution < -0.4 is 11.1 Å². The molecule has 1 aliphatic heterocycles. The number of fused-ring (bicyclic) bond motifs is 2. The minimum Gasteiger partial charge on any atom is -0.364 e. The molecule has 6 rings (SSSR count). The van der Waals surface area contributed by atoms with E-state index in [0.29, 0.717) is 17.3 Å². The minimum atomic E-state index is -0.775. The third-order valence-corrected chi connectivity index (χ3v) is 7.34. The first-order valence-corrected chi connectivity index (χ1v) is 12.3. The number of halogens is 2. The maximum atomic E-state index is 15.4. The van der Waals surface area contributed by atoms with Gasteiger partial charge in [0.05, 0.1) is 28.1 Å². The van der Waals surface area contributed by atoms with Crippen molar-refractivity contribution in [2.75, 3.05) is 5.32 Å². The molecule has 4 heterocycles. The van der Waals surface area contributed by atoms with Gasteiger partial charge >= 0.3 is 0 Å². The molecule has 3 aromatic heterocycles. The van der Waals surface area contributed by atoms with Gasteiger partial charge in [-0.25, -0.2) is 4.39 Å². The van der Waals surface area contributed by atoms with Gasteiger partial charge in [-0.3, -0.25) is 29.0 Å². The van der Waals surface area contributed by atoms with Crippen LogP contribution in [0, 0.1) is 11.7 Å². The first-order chi connectivity index (χ1) is 18.3. The van der Waals surface area contributed by atoms with Crippen LogP contribution in [0.3, 0.4) is 0 Å². The molecule has 1 aromatic carbocycles. The lowest BCUT2D eigenvalue weighted by molar-refractivity contribution is -0.138. The second-order valence-electron chi connectivity index (χ2n) is 9.37. The SMILES string of the molecule is NC(=O)c1nn(CC(=O)N2[C@@H]3C[C@@H]3C[C@H]2C(=O)Nc2cccc(-c3ncccc3Cl)c2F)c2cnccc12. The fourth-order valence-electron chi connectivity index (χ4n) is 5.19. The van der Waals surface area contributed by atoms with Crippen LogP contribution in [0.15, 0.2) is 55.0 Å². The lowest BCUT2D eigenvalue weighted by Crippen LogP contribution is -2.46. The highest BCUT2D eigenvalue weighted by molar-refractivity contribution is 6.33. The summed E-state index contributed by atoms with van der Waals surface area (Å²) < 4.78 is 16.8. The highest BCUT2D eigenvalue weighted by Crippen LogP contribution is 2.48. The van der Waals surface area contributed by atoms with Gasteiger partial charge in [-0.05, 0) is 49.1 Å². The Balaban J connectivity index is 1.24. The van der Waals surface area contributed by atoms with E-state index in [4.69, 9.17) is 17.3 Å². The highest BCUT2D eigenvalue weighted by atomic mass is 35.5. The molecule has 0 unspecified atom stereocenters. The fraction of sp³-hybridized carbons (Fsp3) is 0.231. The molecular weight excluding hydrogens is 513 g/mol. The van der Waals surface area contributed by atoms with Crippen molar-refractivity contribution in [1.29, 1.82) is 0 Å². The Hall–Kier alpha value is -4.38. The number of amides is 3. The summed E-state index contributed by atoms with van der Waals surface area (Å²) in [4.78, 5) is 48.3. The number of carbonyl (C=O) groups excluding carboxylic acids is 3. The number of aromatic nitrogens is 4. The van der Waals surface area contributed by atoms with E-state index in [-0.39, 0.29) is 52.1 Å². The number of carbonyl (C=O) groups is 3. The second kappa shape index (κ2) is 9.18.